The van der Waals surface area contributed by atoms with Gasteiger partial charge in [0.15, 0.2) is 27.3 Å². The summed E-state index contributed by atoms with van der Waals surface area (Å²) in [5.74, 6) is 1.07. The third-order valence-corrected chi connectivity index (χ3v) is 7.15. The number of methoxy groups -OCH3 is 4. The van der Waals surface area contributed by atoms with Crippen LogP contribution >= 0.6 is 0 Å². The molecule has 0 bridgehead atoms. The van der Waals surface area contributed by atoms with Crippen LogP contribution in [0.3, 0.4) is 0 Å². The lowest BCUT2D eigenvalue weighted by atomic mass is 10.2. The van der Waals surface area contributed by atoms with Crippen molar-refractivity contribution < 1.29 is 27.4 Å². The Morgan fingerprint density at radius 3 is 2.16 bits per heavy atom. The monoisotopic (exact) mass is 540 g/mol. The van der Waals surface area contributed by atoms with E-state index in [-0.39, 0.29) is 23.2 Å². The summed E-state index contributed by atoms with van der Waals surface area (Å²) in [6, 6.07) is 10.4. The van der Waals surface area contributed by atoms with Gasteiger partial charge in [0.25, 0.3) is 0 Å². The summed E-state index contributed by atoms with van der Waals surface area (Å²) in [5.41, 5.74) is 1.69. The van der Waals surface area contributed by atoms with Crippen molar-refractivity contribution in [2.75, 3.05) is 34.2 Å². The Hall–Kier alpha value is -4.10. The van der Waals surface area contributed by atoms with E-state index in [2.05, 4.69) is 25.1 Å². The maximum atomic E-state index is 13.4. The second-order valence-corrected chi connectivity index (χ2v) is 10.4. The van der Waals surface area contributed by atoms with Gasteiger partial charge in [0.2, 0.25) is 5.88 Å². The number of pyridine rings is 1. The number of sulfone groups is 1. The van der Waals surface area contributed by atoms with Gasteiger partial charge in [0.05, 0.1) is 27.1 Å². The molecule has 4 aromatic rings. The molecule has 13 heteroatoms. The van der Waals surface area contributed by atoms with Crippen molar-refractivity contribution in [3.63, 3.8) is 0 Å². The lowest BCUT2D eigenvalue weighted by molar-refractivity contribution is 0.114. The zero-order valence-corrected chi connectivity index (χ0v) is 22.5. The quantitative estimate of drug-likeness (QED) is 0.277. The Morgan fingerprint density at radius 2 is 1.55 bits per heavy atom. The van der Waals surface area contributed by atoms with E-state index >= 15 is 0 Å². The highest BCUT2D eigenvalue weighted by Gasteiger charge is 2.29. The highest BCUT2D eigenvalue weighted by molar-refractivity contribution is 7.90. The molecule has 0 N–H and O–H groups in total. The Morgan fingerprint density at radius 1 is 0.895 bits per heavy atom. The summed E-state index contributed by atoms with van der Waals surface area (Å²) in [6.45, 7) is 1.84. The number of benzene rings is 1. The van der Waals surface area contributed by atoms with Crippen LogP contribution in [-0.4, -0.2) is 72.3 Å². The predicted molar refractivity (Wildman–Crippen MR) is 138 cm³/mol. The number of nitrogens with zero attached hydrogens (tertiary/aromatic N) is 6. The van der Waals surface area contributed by atoms with Gasteiger partial charge < -0.3 is 18.9 Å². The van der Waals surface area contributed by atoms with Crippen LogP contribution in [0.15, 0.2) is 48.8 Å². The zero-order chi connectivity index (χ0) is 27.3. The van der Waals surface area contributed by atoms with E-state index < -0.39 is 21.7 Å². The maximum absolute atomic E-state index is 13.4. The molecule has 0 aliphatic heterocycles. The first-order valence-electron chi connectivity index (χ1n) is 11.5. The van der Waals surface area contributed by atoms with E-state index in [9.17, 15) is 8.42 Å². The average Bonchev–Trinajstić information content (AvgIpc) is 3.33. The molecule has 3 aromatic heterocycles. The first-order chi connectivity index (χ1) is 18.3. The minimum Gasteiger partial charge on any atom is -0.494 e. The van der Waals surface area contributed by atoms with Gasteiger partial charge in [-0.1, -0.05) is 12.1 Å². The molecule has 12 nitrogen and oxygen atoms in total. The molecule has 1 atom stereocenters. The van der Waals surface area contributed by atoms with Gasteiger partial charge in [-0.15, -0.1) is 10.2 Å². The number of aromatic nitrogens is 6. The van der Waals surface area contributed by atoms with Gasteiger partial charge in [-0.05, 0) is 30.7 Å². The summed E-state index contributed by atoms with van der Waals surface area (Å²) >= 11 is 0. The molecule has 0 spiro atoms. The largest absolute Gasteiger partial charge is 0.494 e. The van der Waals surface area contributed by atoms with Crippen LogP contribution < -0.4 is 14.2 Å². The van der Waals surface area contributed by atoms with Crippen LogP contribution in [0.2, 0.25) is 0 Å². The molecule has 0 amide bonds. The fourth-order valence-corrected chi connectivity index (χ4v) is 5.26. The Kier molecular flexibility index (Phi) is 8.17. The van der Waals surface area contributed by atoms with Gasteiger partial charge in [0, 0.05) is 25.6 Å². The summed E-state index contributed by atoms with van der Waals surface area (Å²) in [7, 11) is 2.12. The van der Waals surface area contributed by atoms with Crippen molar-refractivity contribution >= 4 is 9.84 Å². The van der Waals surface area contributed by atoms with Crippen LogP contribution in [-0.2, 0) is 20.3 Å². The van der Waals surface area contributed by atoms with E-state index in [1.54, 1.807) is 53.4 Å². The number of hydrogen-bond acceptors (Lipinski definition) is 11. The normalized spacial score (nSPS) is 12.2. The third kappa shape index (κ3) is 5.73. The van der Waals surface area contributed by atoms with Crippen molar-refractivity contribution in [1.82, 2.24) is 29.7 Å². The molecular formula is C25H28N6O6S. The molecule has 1 aromatic carbocycles. The third-order valence-electron chi connectivity index (χ3n) is 5.65. The summed E-state index contributed by atoms with van der Waals surface area (Å²) < 4.78 is 50.3. The molecule has 0 saturated heterocycles. The van der Waals surface area contributed by atoms with E-state index in [1.165, 1.54) is 28.4 Å². The second kappa shape index (κ2) is 11.5. The van der Waals surface area contributed by atoms with E-state index in [4.69, 9.17) is 18.9 Å². The number of ether oxygens (including phenoxy) is 4. The standard InChI is InChI=1S/C25H28N6O6S/c1-16-12-26-24(27-13-16)20(36-4)14-38(32,33)15-21-29-30-25(17-8-6-11-22(28-17)37-5)31(21)23-18(34-2)9-7-10-19(23)35-3/h6-13,20H,14-15H2,1-5H3/t20-/m0/s1. The second-order valence-electron chi connectivity index (χ2n) is 8.25. The first-order valence-corrected chi connectivity index (χ1v) is 13.3. The molecule has 38 heavy (non-hydrogen) atoms. The number of rotatable bonds is 11. The summed E-state index contributed by atoms with van der Waals surface area (Å²) in [6.07, 6.45) is 2.36. The Bertz CT molecular complexity index is 1490. The van der Waals surface area contributed by atoms with E-state index in [1.807, 2.05) is 6.92 Å². The molecule has 3 heterocycles. The molecule has 0 saturated carbocycles. The average molecular weight is 541 g/mol. The molecule has 0 fully saturated rings. The minimum absolute atomic E-state index is 0.132. The van der Waals surface area contributed by atoms with Crippen molar-refractivity contribution in [1.29, 1.82) is 0 Å². The number of hydrogen-bond donors (Lipinski definition) is 0. The molecule has 0 radical (unpaired) electrons. The van der Waals surface area contributed by atoms with Crippen molar-refractivity contribution in [3.8, 4) is 34.6 Å². The van der Waals surface area contributed by atoms with Gasteiger partial charge in [-0.3, -0.25) is 4.57 Å². The molecule has 4 rings (SSSR count). The van der Waals surface area contributed by atoms with Crippen LogP contribution in [0.5, 0.6) is 17.4 Å². The smallest absolute Gasteiger partial charge is 0.213 e. The lowest BCUT2D eigenvalue weighted by Crippen LogP contribution is -2.21. The van der Waals surface area contributed by atoms with E-state index in [0.29, 0.717) is 28.8 Å². The summed E-state index contributed by atoms with van der Waals surface area (Å²) in [5, 5.41) is 8.55. The predicted octanol–water partition coefficient (Wildman–Crippen LogP) is 2.76. The topological polar surface area (TPSA) is 140 Å². The van der Waals surface area contributed by atoms with Crippen LogP contribution in [0, 0.1) is 6.92 Å². The number of para-hydroxylation sites is 1. The van der Waals surface area contributed by atoms with Gasteiger partial charge in [-0.25, -0.2) is 23.4 Å². The maximum Gasteiger partial charge on any atom is 0.213 e. The Balaban J connectivity index is 1.81. The fourth-order valence-electron chi connectivity index (χ4n) is 3.82. The highest BCUT2D eigenvalue weighted by Crippen LogP contribution is 2.36. The fraction of sp³-hybridized carbons (Fsp3) is 0.320. The van der Waals surface area contributed by atoms with E-state index in [0.717, 1.165) is 5.56 Å². The number of aryl methyl sites for hydroxylation is 1. The van der Waals surface area contributed by atoms with Crippen molar-refractivity contribution in [3.05, 3.63) is 66.0 Å². The van der Waals surface area contributed by atoms with Crippen LogP contribution in [0.1, 0.15) is 23.3 Å². The van der Waals surface area contributed by atoms with Crippen molar-refractivity contribution in [2.45, 2.75) is 18.8 Å². The lowest BCUT2D eigenvalue weighted by Gasteiger charge is -2.18. The molecule has 0 aliphatic carbocycles. The Labute approximate surface area is 220 Å². The minimum atomic E-state index is -3.81. The SMILES string of the molecule is COc1cccc(-c2nnc(CS(=O)(=O)C[C@H](OC)c3ncc(C)cn3)n2-c2c(OC)cccc2OC)n1. The molecular weight excluding hydrogens is 512 g/mol. The first kappa shape index (κ1) is 26.9. The highest BCUT2D eigenvalue weighted by atomic mass is 32.2. The van der Waals surface area contributed by atoms with Gasteiger partial charge in [0.1, 0.15) is 34.7 Å². The zero-order valence-electron chi connectivity index (χ0n) is 21.7. The van der Waals surface area contributed by atoms with Crippen LogP contribution in [0.25, 0.3) is 17.2 Å². The van der Waals surface area contributed by atoms with Crippen LogP contribution in [0.4, 0.5) is 0 Å². The molecule has 0 unspecified atom stereocenters. The van der Waals surface area contributed by atoms with Gasteiger partial charge >= 0.3 is 0 Å². The molecule has 0 aliphatic rings. The van der Waals surface area contributed by atoms with Gasteiger partial charge in [-0.2, -0.15) is 0 Å². The summed E-state index contributed by atoms with van der Waals surface area (Å²) in [4.78, 5) is 12.9. The van der Waals surface area contributed by atoms with Crippen molar-refractivity contribution in [2.24, 2.45) is 0 Å². The molecule has 200 valence electrons.